The molecule has 0 aliphatic rings. The lowest BCUT2D eigenvalue weighted by Gasteiger charge is -2.21. The van der Waals surface area contributed by atoms with E-state index in [1.165, 1.54) is 12.1 Å². The van der Waals surface area contributed by atoms with E-state index >= 15 is 0 Å². The van der Waals surface area contributed by atoms with Crippen LogP contribution >= 0.6 is 11.6 Å². The Kier molecular flexibility index (Phi) is 7.83. The number of hydrogen-bond donors (Lipinski definition) is 1. The van der Waals surface area contributed by atoms with Crippen LogP contribution in [-0.4, -0.2) is 44.6 Å². The quantitative estimate of drug-likeness (QED) is 0.685. The van der Waals surface area contributed by atoms with Crippen LogP contribution in [0.2, 0.25) is 5.02 Å². The summed E-state index contributed by atoms with van der Waals surface area (Å²) in [5.74, 6) is -0.201. The van der Waals surface area contributed by atoms with E-state index in [4.69, 9.17) is 11.6 Å². The van der Waals surface area contributed by atoms with Gasteiger partial charge in [-0.2, -0.15) is 0 Å². The van der Waals surface area contributed by atoms with Crippen molar-refractivity contribution in [1.29, 1.82) is 0 Å². The van der Waals surface area contributed by atoms with Crippen LogP contribution in [0.25, 0.3) is 0 Å². The smallest absolute Gasteiger partial charge is 0.238 e. The highest BCUT2D eigenvalue weighted by Gasteiger charge is 2.18. The standard InChI is InChI=1S/C20H25ClN2O3S/c1-3-12-23(15-20(24)22-19-7-5-4-6-16(19)2)13-14-27(25,26)18-10-8-17(21)9-11-18/h4-11H,3,12-15H2,1-2H3,(H,22,24). The number of carbonyl (C=O) groups is 1. The number of sulfone groups is 1. The Morgan fingerprint density at radius 1 is 1.07 bits per heavy atom. The minimum absolute atomic E-state index is 0.0493. The number of anilines is 1. The Morgan fingerprint density at radius 2 is 1.74 bits per heavy atom. The number of para-hydroxylation sites is 1. The summed E-state index contributed by atoms with van der Waals surface area (Å²) in [6.45, 7) is 5.02. The molecular weight excluding hydrogens is 384 g/mol. The van der Waals surface area contributed by atoms with Crippen LogP contribution in [0.3, 0.4) is 0 Å². The highest BCUT2D eigenvalue weighted by atomic mass is 35.5. The van der Waals surface area contributed by atoms with Crippen molar-refractivity contribution in [2.45, 2.75) is 25.2 Å². The molecule has 0 saturated carbocycles. The van der Waals surface area contributed by atoms with Gasteiger partial charge in [-0.15, -0.1) is 0 Å². The molecule has 146 valence electrons. The van der Waals surface area contributed by atoms with Crippen LogP contribution < -0.4 is 5.32 Å². The average Bonchev–Trinajstić information content (AvgIpc) is 2.62. The fraction of sp³-hybridized carbons (Fsp3) is 0.350. The van der Waals surface area contributed by atoms with Gasteiger partial charge in [0.2, 0.25) is 5.91 Å². The summed E-state index contributed by atoms with van der Waals surface area (Å²) in [5.41, 5.74) is 1.76. The predicted octanol–water partition coefficient (Wildman–Crippen LogP) is 3.77. The maximum absolute atomic E-state index is 12.5. The zero-order valence-electron chi connectivity index (χ0n) is 15.6. The number of carbonyl (C=O) groups excluding carboxylic acids is 1. The maximum Gasteiger partial charge on any atom is 0.238 e. The zero-order chi connectivity index (χ0) is 19.9. The zero-order valence-corrected chi connectivity index (χ0v) is 17.2. The first-order chi connectivity index (χ1) is 12.8. The number of rotatable bonds is 9. The van der Waals surface area contributed by atoms with Gasteiger partial charge < -0.3 is 5.32 Å². The van der Waals surface area contributed by atoms with Crippen LogP contribution in [0.1, 0.15) is 18.9 Å². The molecule has 0 spiro atoms. The van der Waals surface area contributed by atoms with Crippen LogP contribution in [0.15, 0.2) is 53.4 Å². The normalized spacial score (nSPS) is 11.6. The van der Waals surface area contributed by atoms with E-state index in [0.29, 0.717) is 18.1 Å². The van der Waals surface area contributed by atoms with E-state index in [1.54, 1.807) is 12.1 Å². The monoisotopic (exact) mass is 408 g/mol. The van der Waals surface area contributed by atoms with Gasteiger partial charge in [0.15, 0.2) is 9.84 Å². The van der Waals surface area contributed by atoms with Gasteiger partial charge in [0.25, 0.3) is 0 Å². The predicted molar refractivity (Wildman–Crippen MR) is 110 cm³/mol. The van der Waals surface area contributed by atoms with Crippen molar-refractivity contribution in [3.05, 3.63) is 59.1 Å². The molecule has 2 aromatic carbocycles. The SMILES string of the molecule is CCCN(CCS(=O)(=O)c1ccc(Cl)cc1)CC(=O)Nc1ccccc1C. The first-order valence-corrected chi connectivity index (χ1v) is 10.9. The van der Waals surface area contributed by atoms with Crippen molar-refractivity contribution in [2.75, 3.05) is 30.7 Å². The van der Waals surface area contributed by atoms with Crippen molar-refractivity contribution >= 4 is 33.0 Å². The molecule has 0 heterocycles. The van der Waals surface area contributed by atoms with E-state index in [1.807, 2.05) is 43.0 Å². The van der Waals surface area contributed by atoms with Gasteiger partial charge >= 0.3 is 0 Å². The fourth-order valence-corrected chi connectivity index (χ4v) is 4.11. The molecule has 1 amide bonds. The largest absolute Gasteiger partial charge is 0.325 e. The highest BCUT2D eigenvalue weighted by Crippen LogP contribution is 2.16. The van der Waals surface area contributed by atoms with Crippen molar-refractivity contribution in [1.82, 2.24) is 4.90 Å². The second-order valence-electron chi connectivity index (χ2n) is 6.41. The average molecular weight is 409 g/mol. The van der Waals surface area contributed by atoms with Crippen molar-refractivity contribution in [3.8, 4) is 0 Å². The number of benzene rings is 2. The van der Waals surface area contributed by atoms with Crippen LogP contribution in [0, 0.1) is 6.92 Å². The number of aryl methyl sites for hydroxylation is 1. The molecule has 0 fully saturated rings. The van der Waals surface area contributed by atoms with Crippen LogP contribution in [0.4, 0.5) is 5.69 Å². The minimum Gasteiger partial charge on any atom is -0.325 e. The third kappa shape index (κ3) is 6.65. The van der Waals surface area contributed by atoms with Gasteiger partial charge in [0.1, 0.15) is 0 Å². The van der Waals surface area contributed by atoms with Crippen molar-refractivity contribution in [2.24, 2.45) is 0 Å². The van der Waals surface area contributed by atoms with Gasteiger partial charge in [-0.05, 0) is 55.8 Å². The van der Waals surface area contributed by atoms with Gasteiger partial charge in [0.05, 0.1) is 17.2 Å². The molecule has 0 aliphatic carbocycles. The van der Waals surface area contributed by atoms with Crippen molar-refractivity contribution in [3.63, 3.8) is 0 Å². The lowest BCUT2D eigenvalue weighted by Crippen LogP contribution is -2.37. The molecule has 0 saturated heterocycles. The van der Waals surface area contributed by atoms with E-state index in [0.717, 1.165) is 17.7 Å². The van der Waals surface area contributed by atoms with E-state index in [9.17, 15) is 13.2 Å². The molecule has 1 N–H and O–H groups in total. The molecule has 7 heteroatoms. The van der Waals surface area contributed by atoms with Crippen molar-refractivity contribution < 1.29 is 13.2 Å². The summed E-state index contributed by atoms with van der Waals surface area (Å²) >= 11 is 5.82. The van der Waals surface area contributed by atoms with Crippen LogP contribution in [-0.2, 0) is 14.6 Å². The Balaban J connectivity index is 1.97. The molecule has 2 rings (SSSR count). The summed E-state index contributed by atoms with van der Waals surface area (Å²) in [4.78, 5) is 14.5. The first kappa shape index (κ1) is 21.4. The third-order valence-electron chi connectivity index (χ3n) is 4.18. The number of nitrogens with one attached hydrogen (secondary N) is 1. The topological polar surface area (TPSA) is 66.5 Å². The third-order valence-corrected chi connectivity index (χ3v) is 6.14. The number of hydrogen-bond acceptors (Lipinski definition) is 4. The highest BCUT2D eigenvalue weighted by molar-refractivity contribution is 7.91. The van der Waals surface area contributed by atoms with Gasteiger partial charge in [-0.25, -0.2) is 8.42 Å². The summed E-state index contributed by atoms with van der Waals surface area (Å²) < 4.78 is 25.0. The van der Waals surface area contributed by atoms with E-state index < -0.39 is 9.84 Å². The number of nitrogens with zero attached hydrogens (tertiary/aromatic N) is 1. The molecular formula is C20H25ClN2O3S. The molecule has 0 unspecified atom stereocenters. The van der Waals surface area contributed by atoms with Gasteiger partial charge in [-0.1, -0.05) is 36.7 Å². The second kappa shape index (κ2) is 9.88. The minimum atomic E-state index is -3.42. The molecule has 0 atom stereocenters. The molecule has 0 aromatic heterocycles. The molecule has 0 radical (unpaired) electrons. The molecule has 27 heavy (non-hydrogen) atoms. The lowest BCUT2D eigenvalue weighted by molar-refractivity contribution is -0.117. The Bertz CT molecular complexity index is 867. The van der Waals surface area contributed by atoms with Crippen LogP contribution in [0.5, 0.6) is 0 Å². The summed E-state index contributed by atoms with van der Waals surface area (Å²) in [6.07, 6.45) is 0.832. The molecule has 5 nitrogen and oxygen atoms in total. The lowest BCUT2D eigenvalue weighted by atomic mass is 10.2. The van der Waals surface area contributed by atoms with E-state index in [-0.39, 0.29) is 23.1 Å². The molecule has 2 aromatic rings. The summed E-state index contributed by atoms with van der Waals surface area (Å²) in [5, 5.41) is 3.38. The molecule has 0 aliphatic heterocycles. The summed E-state index contributed by atoms with van der Waals surface area (Å²) in [7, 11) is -3.42. The number of amides is 1. The Morgan fingerprint density at radius 3 is 2.37 bits per heavy atom. The second-order valence-corrected chi connectivity index (χ2v) is 8.96. The summed E-state index contributed by atoms with van der Waals surface area (Å²) in [6, 6.07) is 13.7. The van der Waals surface area contributed by atoms with Gasteiger partial charge in [-0.3, -0.25) is 9.69 Å². The fourth-order valence-electron chi connectivity index (χ4n) is 2.70. The Labute approximate surface area is 166 Å². The Hall–Kier alpha value is -1.89. The number of halogens is 1. The first-order valence-electron chi connectivity index (χ1n) is 8.88. The molecule has 0 bridgehead atoms. The van der Waals surface area contributed by atoms with Gasteiger partial charge in [0, 0.05) is 17.3 Å². The van der Waals surface area contributed by atoms with E-state index in [2.05, 4.69) is 5.32 Å². The maximum atomic E-state index is 12.5.